The summed E-state index contributed by atoms with van der Waals surface area (Å²) in [6.07, 6.45) is 5.59. The molecule has 1 unspecified atom stereocenters. The van der Waals surface area contributed by atoms with Crippen LogP contribution >= 0.6 is 0 Å². The van der Waals surface area contributed by atoms with Crippen LogP contribution in [-0.2, 0) is 32.1 Å². The van der Waals surface area contributed by atoms with Gasteiger partial charge in [0.2, 0.25) is 0 Å². The molecule has 0 bridgehead atoms. The molecule has 4 rings (SSSR count). The molecule has 0 saturated carbocycles. The van der Waals surface area contributed by atoms with Crippen molar-refractivity contribution in [2.24, 2.45) is 11.8 Å². The van der Waals surface area contributed by atoms with Crippen molar-refractivity contribution in [2.75, 3.05) is 39.8 Å². The summed E-state index contributed by atoms with van der Waals surface area (Å²) >= 11 is 0. The van der Waals surface area contributed by atoms with Crippen LogP contribution in [0.4, 0.5) is 9.59 Å². The van der Waals surface area contributed by atoms with Crippen LogP contribution < -0.4 is 0 Å². The van der Waals surface area contributed by atoms with Gasteiger partial charge >= 0.3 is 18.2 Å². The fraction of sp³-hybridized carbons (Fsp3) is 0.583. The second-order valence-electron chi connectivity index (χ2n) is 13.5. The average molecular weight is 654 g/mol. The minimum atomic E-state index is -1.47. The third-order valence-electron chi connectivity index (χ3n) is 9.13. The Kier molecular flexibility index (Phi) is 12.6. The molecule has 11 nitrogen and oxygen atoms in total. The van der Waals surface area contributed by atoms with Crippen molar-refractivity contribution in [1.82, 2.24) is 14.7 Å². The van der Waals surface area contributed by atoms with Gasteiger partial charge in [-0.25, -0.2) is 9.59 Å². The first-order valence-electron chi connectivity index (χ1n) is 16.6. The number of hydrogen-bond donors (Lipinski definition) is 2. The van der Waals surface area contributed by atoms with Gasteiger partial charge in [-0.2, -0.15) is 0 Å². The van der Waals surface area contributed by atoms with Crippen molar-refractivity contribution in [1.29, 1.82) is 0 Å². The first kappa shape index (κ1) is 36.2. The Morgan fingerprint density at radius 3 is 2.40 bits per heavy atom. The van der Waals surface area contributed by atoms with Gasteiger partial charge in [0.1, 0.15) is 11.7 Å². The highest BCUT2D eigenvalue weighted by molar-refractivity contribution is 5.71. The van der Waals surface area contributed by atoms with E-state index < -0.39 is 36.0 Å². The summed E-state index contributed by atoms with van der Waals surface area (Å²) in [5.41, 5.74) is 1.56. The quantitative estimate of drug-likeness (QED) is 0.198. The number of benzene rings is 1. The minimum Gasteiger partial charge on any atom is -0.457 e. The van der Waals surface area contributed by atoms with E-state index >= 15 is 0 Å². The smallest absolute Gasteiger partial charge is 0.410 e. The van der Waals surface area contributed by atoms with Crippen LogP contribution in [0.2, 0.25) is 0 Å². The standard InChI is InChI=1S/C36H51N3O8/c1-25(24-45-34(42)39-22-28-11-6-7-12-29(28)23-39)9-8-10-26(2)33-27(3)13-14-31(46-35(43)38-19-17-37(5)18-20-38)36(4,44)16-15-30(40)21-32(41)47-33/h6-14,25,27,30-31,33,40,44H,15-24H2,1-5H3/b9-8+,14-13+,26-10+/t25?,27-,30-,31-,33+,36-/m0/s1. The number of ether oxygens (including phenoxy) is 3. The zero-order chi connectivity index (χ0) is 34.1. The zero-order valence-corrected chi connectivity index (χ0v) is 28.3. The van der Waals surface area contributed by atoms with Crippen molar-refractivity contribution < 1.29 is 38.8 Å². The third kappa shape index (κ3) is 10.4. The number of nitrogens with zero attached hydrogens (tertiary/aromatic N) is 3. The predicted molar refractivity (Wildman–Crippen MR) is 177 cm³/mol. The van der Waals surface area contributed by atoms with Gasteiger partial charge in [0, 0.05) is 51.1 Å². The fourth-order valence-electron chi connectivity index (χ4n) is 5.93. The van der Waals surface area contributed by atoms with Crippen LogP contribution in [0, 0.1) is 11.8 Å². The van der Waals surface area contributed by atoms with E-state index in [1.165, 1.54) is 0 Å². The maximum atomic E-state index is 13.0. The molecule has 1 saturated heterocycles. The van der Waals surface area contributed by atoms with Crippen molar-refractivity contribution >= 4 is 18.2 Å². The molecule has 1 aromatic carbocycles. The molecule has 3 aliphatic rings. The number of rotatable bonds is 6. The lowest BCUT2D eigenvalue weighted by Gasteiger charge is -2.36. The van der Waals surface area contributed by atoms with E-state index in [1.807, 2.05) is 70.3 Å². The number of aliphatic hydroxyl groups excluding tert-OH is 1. The maximum absolute atomic E-state index is 13.0. The van der Waals surface area contributed by atoms with E-state index in [1.54, 1.807) is 28.9 Å². The lowest BCUT2D eigenvalue weighted by Crippen LogP contribution is -2.50. The Morgan fingerprint density at radius 2 is 1.74 bits per heavy atom. The number of carbonyl (C=O) groups excluding carboxylic acids is 3. The molecule has 11 heteroatoms. The number of cyclic esters (lactones) is 1. The van der Waals surface area contributed by atoms with Gasteiger partial charge in [0.15, 0.2) is 6.10 Å². The molecule has 0 aliphatic carbocycles. The molecule has 2 N–H and O–H groups in total. The van der Waals surface area contributed by atoms with Crippen molar-refractivity contribution in [2.45, 2.75) is 84.0 Å². The fourth-order valence-corrected chi connectivity index (χ4v) is 5.93. The molecule has 3 aliphatic heterocycles. The molecule has 3 heterocycles. The summed E-state index contributed by atoms with van der Waals surface area (Å²) in [7, 11) is 2.00. The van der Waals surface area contributed by atoms with E-state index in [9.17, 15) is 24.6 Å². The number of carbonyl (C=O) groups is 3. The highest BCUT2D eigenvalue weighted by atomic mass is 16.6. The molecule has 0 spiro atoms. The number of allylic oxidation sites excluding steroid dienone is 2. The monoisotopic (exact) mass is 653 g/mol. The molecule has 2 amide bonds. The number of fused-ring (bicyclic) bond motifs is 1. The Hall–Kier alpha value is -3.67. The third-order valence-corrected chi connectivity index (χ3v) is 9.13. The summed E-state index contributed by atoms with van der Waals surface area (Å²) < 4.78 is 17.3. The van der Waals surface area contributed by atoms with E-state index in [0.29, 0.717) is 26.2 Å². The molecule has 0 radical (unpaired) electrons. The van der Waals surface area contributed by atoms with Gasteiger partial charge in [-0.1, -0.05) is 62.4 Å². The van der Waals surface area contributed by atoms with Crippen LogP contribution in [0.3, 0.4) is 0 Å². The Balaban J connectivity index is 1.40. The van der Waals surface area contributed by atoms with E-state index in [-0.39, 0.29) is 43.8 Å². The topological polar surface area (TPSA) is 129 Å². The summed E-state index contributed by atoms with van der Waals surface area (Å²) in [5.74, 6) is -0.942. The van der Waals surface area contributed by atoms with Crippen LogP contribution in [0.25, 0.3) is 0 Å². The molecule has 47 heavy (non-hydrogen) atoms. The highest BCUT2D eigenvalue weighted by Gasteiger charge is 2.37. The Labute approximate surface area is 278 Å². The second-order valence-corrected chi connectivity index (χ2v) is 13.5. The number of hydrogen-bond acceptors (Lipinski definition) is 9. The number of likely N-dealkylation sites (N-methyl/N-ethyl adjacent to an activating group) is 1. The van der Waals surface area contributed by atoms with Crippen LogP contribution in [-0.4, -0.2) is 107 Å². The molecule has 1 fully saturated rings. The summed E-state index contributed by atoms with van der Waals surface area (Å²) in [6, 6.07) is 7.97. The normalized spacial score (nSPS) is 29.3. The van der Waals surface area contributed by atoms with Gasteiger partial charge in [-0.3, -0.25) is 9.69 Å². The van der Waals surface area contributed by atoms with Crippen LogP contribution in [0.15, 0.2) is 60.2 Å². The molecular weight excluding hydrogens is 602 g/mol. The molecule has 0 aromatic heterocycles. The predicted octanol–water partition coefficient (Wildman–Crippen LogP) is 4.43. The van der Waals surface area contributed by atoms with E-state index in [4.69, 9.17) is 14.2 Å². The summed E-state index contributed by atoms with van der Waals surface area (Å²) in [6.45, 7) is 11.1. The van der Waals surface area contributed by atoms with E-state index in [0.717, 1.165) is 29.8 Å². The number of amides is 2. The number of aliphatic hydroxyl groups is 2. The first-order chi connectivity index (χ1) is 22.3. The Bertz CT molecular complexity index is 1310. The highest BCUT2D eigenvalue weighted by Crippen LogP contribution is 2.28. The van der Waals surface area contributed by atoms with Crippen LogP contribution in [0.5, 0.6) is 0 Å². The lowest BCUT2D eigenvalue weighted by atomic mass is 9.89. The van der Waals surface area contributed by atoms with E-state index in [2.05, 4.69) is 4.90 Å². The zero-order valence-electron chi connectivity index (χ0n) is 28.3. The number of piperazine rings is 1. The molecule has 6 atom stereocenters. The molecule has 258 valence electrons. The van der Waals surface area contributed by atoms with Gasteiger partial charge in [0.05, 0.1) is 19.1 Å². The second kappa shape index (κ2) is 16.4. The van der Waals surface area contributed by atoms with Gasteiger partial charge in [0.25, 0.3) is 0 Å². The summed E-state index contributed by atoms with van der Waals surface area (Å²) in [4.78, 5) is 43.9. The SMILES string of the molecule is C/C(=C\C=C\C(C)COC(=O)N1Cc2ccccc2C1)[C@H]1OC(=O)C[C@@H](O)CC[C@](C)(O)[C@@H](OC(=O)N2CCN(C)CC2)/C=C/[C@@H]1C. The van der Waals surface area contributed by atoms with Gasteiger partial charge in [-0.15, -0.1) is 0 Å². The van der Waals surface area contributed by atoms with Gasteiger partial charge in [-0.05, 0) is 56.5 Å². The van der Waals surface area contributed by atoms with Crippen LogP contribution in [0.1, 0.15) is 58.1 Å². The molecular formula is C36H51N3O8. The minimum absolute atomic E-state index is 0.0581. The number of esters is 1. The average Bonchev–Trinajstić information content (AvgIpc) is 3.47. The summed E-state index contributed by atoms with van der Waals surface area (Å²) in [5, 5.41) is 21.9. The van der Waals surface area contributed by atoms with Crippen molar-refractivity contribution in [3.63, 3.8) is 0 Å². The Morgan fingerprint density at radius 1 is 1.09 bits per heavy atom. The lowest BCUT2D eigenvalue weighted by molar-refractivity contribution is -0.151. The van der Waals surface area contributed by atoms with Crippen molar-refractivity contribution in [3.05, 3.63) is 71.3 Å². The largest absolute Gasteiger partial charge is 0.457 e. The van der Waals surface area contributed by atoms with Gasteiger partial charge < -0.3 is 34.2 Å². The first-order valence-corrected chi connectivity index (χ1v) is 16.6. The molecule has 1 aromatic rings. The van der Waals surface area contributed by atoms with Crippen molar-refractivity contribution in [3.8, 4) is 0 Å². The maximum Gasteiger partial charge on any atom is 0.410 e.